The van der Waals surface area contributed by atoms with Gasteiger partial charge in [-0.3, -0.25) is 0 Å². The fraction of sp³-hybridized carbons (Fsp3) is 0.158. The monoisotopic (exact) mass is 295 g/mol. The van der Waals surface area contributed by atoms with E-state index in [1.807, 2.05) is 7.05 Å². The number of hydrogen-bond acceptors (Lipinski definition) is 1. The minimum absolute atomic E-state index is 0.253. The van der Waals surface area contributed by atoms with Crippen LogP contribution in [0.5, 0.6) is 0 Å². The highest BCUT2D eigenvalue weighted by Crippen LogP contribution is 2.30. The summed E-state index contributed by atoms with van der Waals surface area (Å²) in [4.78, 5) is 0. The molecule has 0 saturated heterocycles. The third-order valence-corrected chi connectivity index (χ3v) is 4.31. The van der Waals surface area contributed by atoms with Crippen LogP contribution >= 0.6 is 11.6 Å². The Morgan fingerprint density at radius 3 is 2.24 bits per heavy atom. The predicted molar refractivity (Wildman–Crippen MR) is 91.9 cm³/mol. The van der Waals surface area contributed by atoms with Crippen LogP contribution in [0.2, 0.25) is 5.02 Å². The molecule has 0 heterocycles. The molecule has 0 saturated carbocycles. The zero-order chi connectivity index (χ0) is 14.8. The van der Waals surface area contributed by atoms with Gasteiger partial charge >= 0.3 is 0 Å². The summed E-state index contributed by atoms with van der Waals surface area (Å²) in [5.74, 6) is 0. The number of rotatable bonds is 3. The second-order valence-electron chi connectivity index (χ2n) is 5.31. The minimum atomic E-state index is 0.253. The Hall–Kier alpha value is -1.83. The molecule has 0 spiro atoms. The molecule has 3 aromatic rings. The lowest BCUT2D eigenvalue weighted by atomic mass is 9.99. The van der Waals surface area contributed by atoms with E-state index in [-0.39, 0.29) is 6.04 Å². The van der Waals surface area contributed by atoms with Gasteiger partial charge in [-0.2, -0.15) is 0 Å². The van der Waals surface area contributed by atoms with Crippen molar-refractivity contribution in [1.82, 2.24) is 5.32 Å². The van der Waals surface area contributed by atoms with Gasteiger partial charge < -0.3 is 5.32 Å². The van der Waals surface area contributed by atoms with E-state index in [4.69, 9.17) is 11.6 Å². The maximum atomic E-state index is 6.43. The zero-order valence-electron chi connectivity index (χ0n) is 12.2. The lowest BCUT2D eigenvalue weighted by molar-refractivity contribution is 0.652. The number of halogens is 1. The SMILES string of the molecule is CNC(C)c1ccc(-c2ccc3ccccc3c2)cc1Cl. The fourth-order valence-electron chi connectivity index (χ4n) is 2.58. The Labute approximate surface area is 130 Å². The molecule has 0 aliphatic carbocycles. The van der Waals surface area contributed by atoms with E-state index in [2.05, 4.69) is 72.9 Å². The van der Waals surface area contributed by atoms with E-state index in [1.54, 1.807) is 0 Å². The fourth-order valence-corrected chi connectivity index (χ4v) is 2.93. The quantitative estimate of drug-likeness (QED) is 0.678. The molecule has 0 radical (unpaired) electrons. The molecule has 3 aromatic carbocycles. The van der Waals surface area contributed by atoms with Crippen LogP contribution in [0.3, 0.4) is 0 Å². The van der Waals surface area contributed by atoms with Gasteiger partial charge in [-0.05, 0) is 53.6 Å². The molecule has 3 rings (SSSR count). The summed E-state index contributed by atoms with van der Waals surface area (Å²) < 4.78 is 0. The van der Waals surface area contributed by atoms with Crippen molar-refractivity contribution in [3.63, 3.8) is 0 Å². The largest absolute Gasteiger partial charge is 0.313 e. The third kappa shape index (κ3) is 2.80. The van der Waals surface area contributed by atoms with E-state index in [0.717, 1.165) is 16.1 Å². The van der Waals surface area contributed by atoms with Gasteiger partial charge in [0.05, 0.1) is 0 Å². The first kappa shape index (κ1) is 14.1. The Kier molecular flexibility index (Phi) is 3.96. The number of fused-ring (bicyclic) bond motifs is 1. The highest BCUT2D eigenvalue weighted by Gasteiger charge is 2.09. The van der Waals surface area contributed by atoms with Crippen LogP contribution in [-0.4, -0.2) is 7.05 Å². The van der Waals surface area contributed by atoms with Crippen LogP contribution in [-0.2, 0) is 0 Å². The summed E-state index contributed by atoms with van der Waals surface area (Å²) in [5, 5.41) is 6.53. The summed E-state index contributed by atoms with van der Waals surface area (Å²) in [7, 11) is 1.94. The molecular weight excluding hydrogens is 278 g/mol. The minimum Gasteiger partial charge on any atom is -0.313 e. The highest BCUT2D eigenvalue weighted by atomic mass is 35.5. The molecule has 2 heteroatoms. The van der Waals surface area contributed by atoms with Crippen LogP contribution in [0.1, 0.15) is 18.5 Å². The first-order valence-corrected chi connectivity index (χ1v) is 7.53. The smallest absolute Gasteiger partial charge is 0.0459 e. The summed E-state index contributed by atoms with van der Waals surface area (Å²) in [6, 6.07) is 21.5. The second kappa shape index (κ2) is 5.88. The average Bonchev–Trinajstić information content (AvgIpc) is 2.53. The van der Waals surface area contributed by atoms with Crippen molar-refractivity contribution in [2.45, 2.75) is 13.0 Å². The van der Waals surface area contributed by atoms with Gasteiger partial charge in [-0.15, -0.1) is 0 Å². The van der Waals surface area contributed by atoms with Crippen LogP contribution in [0.4, 0.5) is 0 Å². The Bertz CT molecular complexity index is 779. The van der Waals surface area contributed by atoms with Crippen LogP contribution in [0.25, 0.3) is 21.9 Å². The highest BCUT2D eigenvalue weighted by molar-refractivity contribution is 6.31. The Morgan fingerprint density at radius 1 is 0.857 bits per heavy atom. The summed E-state index contributed by atoms with van der Waals surface area (Å²) >= 11 is 6.43. The van der Waals surface area contributed by atoms with Crippen molar-refractivity contribution in [1.29, 1.82) is 0 Å². The molecule has 0 aromatic heterocycles. The third-order valence-electron chi connectivity index (χ3n) is 3.98. The molecule has 21 heavy (non-hydrogen) atoms. The van der Waals surface area contributed by atoms with Gasteiger partial charge in [0.15, 0.2) is 0 Å². The van der Waals surface area contributed by atoms with E-state index < -0.39 is 0 Å². The Balaban J connectivity index is 2.04. The van der Waals surface area contributed by atoms with Gasteiger partial charge in [0, 0.05) is 11.1 Å². The van der Waals surface area contributed by atoms with Crippen LogP contribution < -0.4 is 5.32 Å². The van der Waals surface area contributed by atoms with Gasteiger partial charge in [-0.25, -0.2) is 0 Å². The van der Waals surface area contributed by atoms with Crippen molar-refractivity contribution in [3.05, 3.63) is 71.2 Å². The molecule has 1 nitrogen and oxygen atoms in total. The van der Waals surface area contributed by atoms with Gasteiger partial charge in [0.1, 0.15) is 0 Å². The lowest BCUT2D eigenvalue weighted by Gasteiger charge is -2.14. The normalized spacial score (nSPS) is 12.5. The Morgan fingerprint density at radius 2 is 1.52 bits per heavy atom. The molecule has 1 atom stereocenters. The van der Waals surface area contributed by atoms with Crippen LogP contribution in [0.15, 0.2) is 60.7 Å². The lowest BCUT2D eigenvalue weighted by Crippen LogP contribution is -2.12. The van der Waals surface area contributed by atoms with Crippen molar-refractivity contribution < 1.29 is 0 Å². The van der Waals surface area contributed by atoms with E-state index in [0.29, 0.717) is 0 Å². The predicted octanol–water partition coefficient (Wildman–Crippen LogP) is 5.44. The maximum absolute atomic E-state index is 6.43. The summed E-state index contributed by atoms with van der Waals surface area (Å²) in [6.45, 7) is 2.11. The van der Waals surface area contributed by atoms with Crippen LogP contribution in [0, 0.1) is 0 Å². The average molecular weight is 296 g/mol. The van der Waals surface area contributed by atoms with E-state index >= 15 is 0 Å². The molecule has 0 bridgehead atoms. The molecule has 0 aliphatic heterocycles. The number of benzene rings is 3. The molecule has 0 aliphatic rings. The number of hydrogen-bond donors (Lipinski definition) is 1. The van der Waals surface area contributed by atoms with Crippen molar-refractivity contribution in [3.8, 4) is 11.1 Å². The topological polar surface area (TPSA) is 12.0 Å². The maximum Gasteiger partial charge on any atom is 0.0459 e. The molecule has 1 unspecified atom stereocenters. The van der Waals surface area contributed by atoms with Crippen molar-refractivity contribution in [2.24, 2.45) is 0 Å². The van der Waals surface area contributed by atoms with E-state index in [1.165, 1.54) is 16.3 Å². The van der Waals surface area contributed by atoms with Crippen molar-refractivity contribution in [2.75, 3.05) is 7.05 Å². The first-order valence-electron chi connectivity index (χ1n) is 7.15. The molecular formula is C19H18ClN. The zero-order valence-corrected chi connectivity index (χ0v) is 13.0. The molecule has 0 fully saturated rings. The summed E-state index contributed by atoms with van der Waals surface area (Å²) in [5.41, 5.74) is 3.47. The van der Waals surface area contributed by atoms with Gasteiger partial charge in [0.2, 0.25) is 0 Å². The van der Waals surface area contributed by atoms with Gasteiger partial charge in [0.25, 0.3) is 0 Å². The second-order valence-corrected chi connectivity index (χ2v) is 5.72. The first-order chi connectivity index (χ1) is 10.2. The standard InChI is InChI=1S/C19H18ClN/c1-13(21-2)18-10-9-17(12-19(18)20)16-8-7-14-5-3-4-6-15(14)11-16/h3-13,21H,1-2H3. The molecule has 0 amide bonds. The van der Waals surface area contributed by atoms with E-state index in [9.17, 15) is 0 Å². The van der Waals surface area contributed by atoms with Crippen molar-refractivity contribution >= 4 is 22.4 Å². The molecule has 106 valence electrons. The molecule has 1 N–H and O–H groups in total. The summed E-state index contributed by atoms with van der Waals surface area (Å²) in [6.07, 6.45) is 0. The number of nitrogens with one attached hydrogen (secondary N) is 1. The van der Waals surface area contributed by atoms with Gasteiger partial charge in [-0.1, -0.05) is 60.1 Å².